The van der Waals surface area contributed by atoms with E-state index < -0.39 is 22.0 Å². The fourth-order valence-electron chi connectivity index (χ4n) is 3.18. The molecule has 0 aliphatic heterocycles. The maximum atomic E-state index is 10.5. The summed E-state index contributed by atoms with van der Waals surface area (Å²) in [4.78, 5) is 0. The van der Waals surface area contributed by atoms with Crippen LogP contribution in [0, 0.1) is 0 Å². The molecular formula is C20H41KO4S. The van der Waals surface area contributed by atoms with Gasteiger partial charge in [0, 0.05) is 5.75 Å². The number of hydrogen-bond acceptors (Lipinski definition) is 4. The van der Waals surface area contributed by atoms with Gasteiger partial charge in [0.05, 0.1) is 16.2 Å². The van der Waals surface area contributed by atoms with Gasteiger partial charge in [-0.2, -0.15) is 0 Å². The molecular weight excluding hydrogens is 375 g/mol. The van der Waals surface area contributed by atoms with Crippen LogP contribution >= 0.6 is 0 Å². The van der Waals surface area contributed by atoms with Crippen LogP contribution in [0.4, 0.5) is 0 Å². The summed E-state index contributed by atoms with van der Waals surface area (Å²) in [6, 6.07) is 0. The van der Waals surface area contributed by atoms with Crippen molar-refractivity contribution in [2.24, 2.45) is 0 Å². The van der Waals surface area contributed by atoms with E-state index in [1.54, 1.807) is 0 Å². The van der Waals surface area contributed by atoms with E-state index >= 15 is 0 Å². The first-order valence-corrected chi connectivity index (χ1v) is 12.1. The van der Waals surface area contributed by atoms with Gasteiger partial charge in [-0.25, -0.2) is 8.42 Å². The summed E-state index contributed by atoms with van der Waals surface area (Å²) in [5.74, 6) is -0.451. The zero-order chi connectivity index (χ0) is 18.8. The van der Waals surface area contributed by atoms with Crippen molar-refractivity contribution >= 4 is 10.1 Å². The normalized spacial score (nSPS) is 12.7. The molecule has 0 fully saturated rings. The van der Waals surface area contributed by atoms with Gasteiger partial charge >= 0.3 is 51.4 Å². The molecule has 6 heteroatoms. The first kappa shape index (κ1) is 29.7. The molecule has 0 rings (SSSR count). The monoisotopic (exact) mass is 416 g/mol. The molecule has 0 aromatic heterocycles. The molecule has 0 bridgehead atoms. The Hall–Kier alpha value is 1.51. The van der Waals surface area contributed by atoms with Gasteiger partial charge in [0.2, 0.25) is 0 Å². The molecule has 152 valence electrons. The average molecular weight is 417 g/mol. The Balaban J connectivity index is 0. The fourth-order valence-corrected chi connectivity index (χ4v) is 3.74. The third-order valence-corrected chi connectivity index (χ3v) is 5.58. The van der Waals surface area contributed by atoms with Crippen LogP contribution < -0.4 is 51.4 Å². The molecule has 0 radical (unpaired) electrons. The van der Waals surface area contributed by atoms with Gasteiger partial charge in [-0.3, -0.25) is 0 Å². The molecule has 0 saturated heterocycles. The average Bonchev–Trinajstić information content (AvgIpc) is 2.56. The van der Waals surface area contributed by atoms with E-state index in [1.165, 1.54) is 83.5 Å². The number of aliphatic hydroxyl groups excluding tert-OH is 1. The summed E-state index contributed by atoms with van der Waals surface area (Å²) in [7, 11) is -4.19. The predicted molar refractivity (Wildman–Crippen MR) is 105 cm³/mol. The Morgan fingerprint density at radius 1 is 0.692 bits per heavy atom. The van der Waals surface area contributed by atoms with Crippen molar-refractivity contribution in [3.8, 4) is 0 Å². The number of unbranched alkanes of at least 4 members (excludes halogenated alkanes) is 14. The van der Waals surface area contributed by atoms with E-state index in [9.17, 15) is 18.1 Å². The summed E-state index contributed by atoms with van der Waals surface area (Å²) >= 11 is 0. The zero-order valence-corrected chi connectivity index (χ0v) is 21.3. The molecule has 1 N–H and O–H groups in total. The Morgan fingerprint density at radius 3 is 1.38 bits per heavy atom. The SMILES string of the molecule is CCCCCCCCCCCCCCCCCC(O)CCS(=O)(=O)[O-].[K+]. The van der Waals surface area contributed by atoms with Gasteiger partial charge < -0.3 is 9.66 Å². The second-order valence-corrected chi connectivity index (χ2v) is 8.97. The van der Waals surface area contributed by atoms with Crippen molar-refractivity contribution in [1.82, 2.24) is 0 Å². The van der Waals surface area contributed by atoms with E-state index in [4.69, 9.17) is 0 Å². The molecule has 26 heavy (non-hydrogen) atoms. The third-order valence-electron chi connectivity index (χ3n) is 4.84. The Kier molecular flexibility index (Phi) is 24.2. The molecule has 0 aromatic rings. The molecule has 0 aromatic carbocycles. The van der Waals surface area contributed by atoms with Crippen LogP contribution in [0.15, 0.2) is 0 Å². The summed E-state index contributed by atoms with van der Waals surface area (Å²) in [6.45, 7) is 2.26. The maximum Gasteiger partial charge on any atom is 1.00 e. The van der Waals surface area contributed by atoms with Crippen LogP contribution in [-0.2, 0) is 10.1 Å². The molecule has 0 aliphatic carbocycles. The van der Waals surface area contributed by atoms with Crippen LogP contribution in [0.5, 0.6) is 0 Å². The van der Waals surface area contributed by atoms with E-state index in [-0.39, 0.29) is 57.8 Å². The second-order valence-electron chi connectivity index (χ2n) is 7.44. The van der Waals surface area contributed by atoms with Crippen LogP contribution in [-0.4, -0.2) is 29.9 Å². The third kappa shape index (κ3) is 25.5. The van der Waals surface area contributed by atoms with E-state index in [0.717, 1.165) is 12.8 Å². The molecule has 0 saturated carbocycles. The van der Waals surface area contributed by atoms with Crippen molar-refractivity contribution in [2.75, 3.05) is 5.75 Å². The molecule has 0 aliphatic rings. The van der Waals surface area contributed by atoms with Crippen LogP contribution in [0.25, 0.3) is 0 Å². The van der Waals surface area contributed by atoms with Gasteiger partial charge in [0.25, 0.3) is 0 Å². The van der Waals surface area contributed by atoms with Gasteiger partial charge in [-0.15, -0.1) is 0 Å². The van der Waals surface area contributed by atoms with Gasteiger partial charge in [-0.1, -0.05) is 103 Å². The molecule has 0 amide bonds. The van der Waals surface area contributed by atoms with Crippen molar-refractivity contribution in [1.29, 1.82) is 0 Å². The summed E-state index contributed by atoms with van der Waals surface area (Å²) in [5.41, 5.74) is 0. The standard InChI is InChI=1S/C20H42O4S.K/c1-2-3-4-5-6-7-8-9-10-11-12-13-14-15-16-17-20(21)18-19-25(22,23)24;/h20-21H,2-19H2,1H3,(H,22,23,24);/q;+1/p-1. The number of aliphatic hydroxyl groups is 1. The molecule has 1 atom stereocenters. The number of hydrogen-bond donors (Lipinski definition) is 1. The van der Waals surface area contributed by atoms with Crippen molar-refractivity contribution < 1.29 is 69.5 Å². The number of rotatable bonds is 19. The molecule has 0 heterocycles. The summed E-state index contributed by atoms with van der Waals surface area (Å²) < 4.78 is 31.4. The van der Waals surface area contributed by atoms with Crippen molar-refractivity contribution in [3.63, 3.8) is 0 Å². The Bertz CT molecular complexity index is 374. The predicted octanol–water partition coefficient (Wildman–Crippen LogP) is 2.55. The topological polar surface area (TPSA) is 77.4 Å². The summed E-state index contributed by atoms with van der Waals surface area (Å²) in [5, 5.41) is 9.61. The smallest absolute Gasteiger partial charge is 0.748 e. The van der Waals surface area contributed by atoms with Gasteiger partial charge in [-0.05, 0) is 12.8 Å². The molecule has 4 nitrogen and oxygen atoms in total. The summed E-state index contributed by atoms with van der Waals surface area (Å²) in [6.07, 6.45) is 19.6. The van der Waals surface area contributed by atoms with Gasteiger partial charge in [0.1, 0.15) is 0 Å². The van der Waals surface area contributed by atoms with Gasteiger partial charge in [0.15, 0.2) is 0 Å². The first-order chi connectivity index (χ1) is 12.0. The fraction of sp³-hybridized carbons (Fsp3) is 1.00. The van der Waals surface area contributed by atoms with Crippen molar-refractivity contribution in [3.05, 3.63) is 0 Å². The Morgan fingerprint density at radius 2 is 1.04 bits per heavy atom. The van der Waals surface area contributed by atoms with E-state index in [1.807, 2.05) is 0 Å². The minimum absolute atomic E-state index is 0. The quantitative estimate of drug-likeness (QED) is 0.199. The van der Waals surface area contributed by atoms with Crippen LogP contribution in [0.1, 0.15) is 116 Å². The van der Waals surface area contributed by atoms with E-state index in [2.05, 4.69) is 6.92 Å². The molecule has 1 unspecified atom stereocenters. The van der Waals surface area contributed by atoms with Crippen LogP contribution in [0.3, 0.4) is 0 Å². The minimum atomic E-state index is -4.19. The Labute approximate surface area is 205 Å². The zero-order valence-electron chi connectivity index (χ0n) is 17.4. The van der Waals surface area contributed by atoms with Crippen molar-refractivity contribution in [2.45, 2.75) is 122 Å². The first-order valence-electron chi connectivity index (χ1n) is 10.6. The maximum absolute atomic E-state index is 10.5. The second kappa shape index (κ2) is 21.2. The molecule has 0 spiro atoms. The minimum Gasteiger partial charge on any atom is -0.748 e. The largest absolute Gasteiger partial charge is 1.00 e. The van der Waals surface area contributed by atoms with Crippen LogP contribution in [0.2, 0.25) is 0 Å². The van der Waals surface area contributed by atoms with E-state index in [0.29, 0.717) is 6.42 Å².